The van der Waals surface area contributed by atoms with Crippen LogP contribution in [0.25, 0.3) is 0 Å². The Labute approximate surface area is 128 Å². The number of piperidine rings is 1. The van der Waals surface area contributed by atoms with E-state index in [2.05, 4.69) is 15.3 Å². The standard InChI is InChI=1S/C15H18FN5O/c16-15(10-19-13(22)11-1-2-11)4-7-21(8-5-15)14-18-6-3-12(9-17)20-14/h3,6,11H,1-2,4-5,7-8,10H2,(H,19,22). The molecule has 0 spiro atoms. The predicted molar refractivity (Wildman–Crippen MR) is 77.8 cm³/mol. The fraction of sp³-hybridized carbons (Fsp3) is 0.600. The van der Waals surface area contributed by atoms with Crippen LogP contribution in [0.5, 0.6) is 0 Å². The summed E-state index contributed by atoms with van der Waals surface area (Å²) >= 11 is 0. The molecule has 2 heterocycles. The lowest BCUT2D eigenvalue weighted by atomic mass is 9.93. The number of aromatic nitrogens is 2. The maximum absolute atomic E-state index is 14.7. The second-order valence-corrected chi connectivity index (χ2v) is 5.98. The summed E-state index contributed by atoms with van der Waals surface area (Å²) in [7, 11) is 0. The molecular weight excluding hydrogens is 285 g/mol. The van der Waals surface area contributed by atoms with Gasteiger partial charge in [0.15, 0.2) is 0 Å². The number of carbonyl (C=O) groups excluding carboxylic acids is 1. The molecule has 2 aliphatic rings. The van der Waals surface area contributed by atoms with Gasteiger partial charge < -0.3 is 10.2 Å². The van der Waals surface area contributed by atoms with Crippen molar-refractivity contribution >= 4 is 11.9 Å². The first-order chi connectivity index (χ1) is 10.6. The molecular formula is C15H18FN5O. The zero-order valence-electron chi connectivity index (χ0n) is 12.3. The zero-order chi connectivity index (χ0) is 15.6. The van der Waals surface area contributed by atoms with Crippen LogP contribution in [-0.2, 0) is 4.79 Å². The van der Waals surface area contributed by atoms with Crippen molar-refractivity contribution in [1.29, 1.82) is 5.26 Å². The van der Waals surface area contributed by atoms with Crippen molar-refractivity contribution in [3.8, 4) is 6.07 Å². The first-order valence-electron chi connectivity index (χ1n) is 7.54. The van der Waals surface area contributed by atoms with Crippen LogP contribution in [0.15, 0.2) is 12.3 Å². The third-order valence-electron chi connectivity index (χ3n) is 4.23. The molecule has 6 nitrogen and oxygen atoms in total. The lowest BCUT2D eigenvalue weighted by molar-refractivity contribution is -0.123. The van der Waals surface area contributed by atoms with Gasteiger partial charge in [0.05, 0.1) is 6.54 Å². The predicted octanol–water partition coefficient (Wildman–Crippen LogP) is 1.18. The maximum atomic E-state index is 14.7. The van der Waals surface area contributed by atoms with E-state index in [4.69, 9.17) is 5.26 Å². The zero-order valence-corrected chi connectivity index (χ0v) is 12.3. The van der Waals surface area contributed by atoms with Gasteiger partial charge >= 0.3 is 0 Å². The lowest BCUT2D eigenvalue weighted by Gasteiger charge is -2.36. The summed E-state index contributed by atoms with van der Waals surface area (Å²) < 4.78 is 14.7. The van der Waals surface area contributed by atoms with Crippen molar-refractivity contribution in [3.63, 3.8) is 0 Å². The summed E-state index contributed by atoms with van der Waals surface area (Å²) in [5.41, 5.74) is -1.06. The van der Waals surface area contributed by atoms with Crippen LogP contribution in [0.2, 0.25) is 0 Å². The highest BCUT2D eigenvalue weighted by Crippen LogP contribution is 2.30. The number of nitriles is 1. The molecule has 22 heavy (non-hydrogen) atoms. The van der Waals surface area contributed by atoms with E-state index in [0.29, 0.717) is 37.6 Å². The highest BCUT2D eigenvalue weighted by atomic mass is 19.1. The highest BCUT2D eigenvalue weighted by molar-refractivity contribution is 5.80. The van der Waals surface area contributed by atoms with Crippen LogP contribution in [0.3, 0.4) is 0 Å². The number of hydrogen-bond donors (Lipinski definition) is 1. The van der Waals surface area contributed by atoms with Crippen LogP contribution in [-0.4, -0.2) is 41.2 Å². The Hall–Kier alpha value is -2.23. The molecule has 1 aromatic rings. The SMILES string of the molecule is N#Cc1ccnc(N2CCC(F)(CNC(=O)C3CC3)CC2)n1. The van der Waals surface area contributed by atoms with Gasteiger partial charge in [-0.15, -0.1) is 0 Å². The van der Waals surface area contributed by atoms with Gasteiger partial charge in [0.25, 0.3) is 0 Å². The quantitative estimate of drug-likeness (QED) is 0.903. The maximum Gasteiger partial charge on any atom is 0.226 e. The lowest BCUT2D eigenvalue weighted by Crippen LogP contribution is -2.49. The van der Waals surface area contributed by atoms with Crippen molar-refractivity contribution < 1.29 is 9.18 Å². The van der Waals surface area contributed by atoms with Gasteiger partial charge in [-0.3, -0.25) is 4.79 Å². The Morgan fingerprint density at radius 2 is 2.23 bits per heavy atom. The van der Waals surface area contributed by atoms with Crippen molar-refractivity contribution in [2.75, 3.05) is 24.5 Å². The van der Waals surface area contributed by atoms with Crippen molar-refractivity contribution in [3.05, 3.63) is 18.0 Å². The third kappa shape index (κ3) is 3.32. The van der Waals surface area contributed by atoms with Gasteiger partial charge in [0.1, 0.15) is 17.4 Å². The average molecular weight is 303 g/mol. The molecule has 1 amide bonds. The first-order valence-corrected chi connectivity index (χ1v) is 7.54. The van der Waals surface area contributed by atoms with Gasteiger partial charge in [-0.2, -0.15) is 5.26 Å². The topological polar surface area (TPSA) is 81.9 Å². The van der Waals surface area contributed by atoms with Crippen LogP contribution < -0.4 is 10.2 Å². The first kappa shape index (κ1) is 14.7. The molecule has 1 aliphatic carbocycles. The van der Waals surface area contributed by atoms with Gasteiger partial charge in [-0.25, -0.2) is 14.4 Å². The van der Waals surface area contributed by atoms with Gasteiger partial charge in [-0.05, 0) is 18.9 Å². The molecule has 2 fully saturated rings. The Morgan fingerprint density at radius 3 is 2.86 bits per heavy atom. The monoisotopic (exact) mass is 303 g/mol. The molecule has 1 aromatic heterocycles. The molecule has 1 saturated carbocycles. The van der Waals surface area contributed by atoms with Crippen LogP contribution in [0.1, 0.15) is 31.4 Å². The average Bonchev–Trinajstić information content (AvgIpc) is 3.38. The fourth-order valence-electron chi connectivity index (χ4n) is 2.58. The largest absolute Gasteiger partial charge is 0.353 e. The Morgan fingerprint density at radius 1 is 1.50 bits per heavy atom. The molecule has 1 saturated heterocycles. The van der Waals surface area contributed by atoms with E-state index >= 15 is 0 Å². The Bertz CT molecular complexity index is 602. The molecule has 116 valence electrons. The smallest absolute Gasteiger partial charge is 0.226 e. The Kier molecular flexibility index (Phi) is 3.92. The van der Waals surface area contributed by atoms with Crippen molar-refractivity contribution in [1.82, 2.24) is 15.3 Å². The van der Waals surface area contributed by atoms with Crippen LogP contribution in [0.4, 0.5) is 10.3 Å². The molecule has 0 aromatic carbocycles. The number of hydrogen-bond acceptors (Lipinski definition) is 5. The highest BCUT2D eigenvalue weighted by Gasteiger charge is 2.37. The molecule has 0 unspecified atom stereocenters. The van der Waals surface area contributed by atoms with E-state index in [-0.39, 0.29) is 18.4 Å². The molecule has 3 rings (SSSR count). The number of nitrogens with zero attached hydrogens (tertiary/aromatic N) is 4. The third-order valence-corrected chi connectivity index (χ3v) is 4.23. The minimum atomic E-state index is -1.37. The number of amides is 1. The van der Waals surface area contributed by atoms with Gasteiger partial charge in [0.2, 0.25) is 11.9 Å². The van der Waals surface area contributed by atoms with E-state index in [0.717, 1.165) is 12.8 Å². The molecule has 1 N–H and O–H groups in total. The number of alkyl halides is 1. The minimum absolute atomic E-state index is 0.0236. The summed E-state index contributed by atoms with van der Waals surface area (Å²) in [5.74, 6) is 0.540. The van der Waals surface area contributed by atoms with E-state index < -0.39 is 5.67 Å². The van der Waals surface area contributed by atoms with E-state index in [1.165, 1.54) is 6.20 Å². The van der Waals surface area contributed by atoms with Crippen LogP contribution in [0, 0.1) is 17.2 Å². The fourth-order valence-corrected chi connectivity index (χ4v) is 2.58. The normalized spacial score (nSPS) is 20.3. The molecule has 0 radical (unpaired) electrons. The van der Waals surface area contributed by atoms with E-state index in [1.807, 2.05) is 11.0 Å². The van der Waals surface area contributed by atoms with Crippen LogP contribution >= 0.6 is 0 Å². The van der Waals surface area contributed by atoms with Crippen molar-refractivity contribution in [2.24, 2.45) is 5.92 Å². The van der Waals surface area contributed by atoms with E-state index in [1.54, 1.807) is 6.07 Å². The Balaban J connectivity index is 1.54. The second kappa shape index (κ2) is 5.87. The number of halogens is 1. The molecule has 0 atom stereocenters. The van der Waals surface area contributed by atoms with Gasteiger partial charge in [0, 0.05) is 38.0 Å². The summed E-state index contributed by atoms with van der Waals surface area (Å²) in [6, 6.07) is 3.51. The summed E-state index contributed by atoms with van der Waals surface area (Å²) in [6.07, 6.45) is 4.02. The van der Waals surface area contributed by atoms with Crippen molar-refractivity contribution in [2.45, 2.75) is 31.4 Å². The minimum Gasteiger partial charge on any atom is -0.353 e. The van der Waals surface area contributed by atoms with Gasteiger partial charge in [-0.1, -0.05) is 0 Å². The molecule has 0 bridgehead atoms. The summed E-state index contributed by atoms with van der Waals surface area (Å²) in [4.78, 5) is 21.7. The number of rotatable bonds is 4. The number of anilines is 1. The molecule has 1 aliphatic heterocycles. The summed E-state index contributed by atoms with van der Waals surface area (Å²) in [5, 5.41) is 11.6. The number of nitrogens with one attached hydrogen (secondary N) is 1. The second-order valence-electron chi connectivity index (χ2n) is 5.98. The van der Waals surface area contributed by atoms with E-state index in [9.17, 15) is 9.18 Å². The molecule has 7 heteroatoms. The number of carbonyl (C=O) groups is 1. The summed E-state index contributed by atoms with van der Waals surface area (Å²) in [6.45, 7) is 1.03.